The summed E-state index contributed by atoms with van der Waals surface area (Å²) < 4.78 is 18.5. The van der Waals surface area contributed by atoms with Gasteiger partial charge in [-0.2, -0.15) is 0 Å². The van der Waals surface area contributed by atoms with Gasteiger partial charge < -0.3 is 10.1 Å². The van der Waals surface area contributed by atoms with E-state index in [9.17, 15) is 4.39 Å². The molecule has 1 rings (SSSR count). The van der Waals surface area contributed by atoms with Crippen LogP contribution in [0.4, 0.5) is 4.39 Å². The second kappa shape index (κ2) is 7.95. The van der Waals surface area contributed by atoms with Gasteiger partial charge in [0.2, 0.25) is 0 Å². The van der Waals surface area contributed by atoms with Crippen LogP contribution in [-0.2, 0) is 0 Å². The predicted octanol–water partition coefficient (Wildman–Crippen LogP) is 3.87. The van der Waals surface area contributed by atoms with Crippen molar-refractivity contribution in [2.45, 2.75) is 27.2 Å². The molecule has 1 aromatic rings. The largest absolute Gasteiger partial charge is 0.496 e. The third-order valence-corrected chi connectivity index (χ3v) is 2.91. The molecule has 3 heteroatoms. The zero-order valence-electron chi connectivity index (χ0n) is 12.3. The van der Waals surface area contributed by atoms with Gasteiger partial charge in [-0.15, -0.1) is 0 Å². The number of benzene rings is 1. The van der Waals surface area contributed by atoms with E-state index in [0.29, 0.717) is 11.7 Å². The van der Waals surface area contributed by atoms with Crippen molar-refractivity contribution in [3.8, 4) is 5.75 Å². The zero-order chi connectivity index (χ0) is 14.3. The highest BCUT2D eigenvalue weighted by atomic mass is 19.1. The maximum absolute atomic E-state index is 13.3. The van der Waals surface area contributed by atoms with Crippen LogP contribution in [0.25, 0.3) is 5.57 Å². The van der Waals surface area contributed by atoms with E-state index in [1.807, 2.05) is 6.92 Å². The number of nitrogens with one attached hydrogen (secondary N) is 1. The molecule has 0 heterocycles. The van der Waals surface area contributed by atoms with Crippen molar-refractivity contribution in [2.24, 2.45) is 5.92 Å². The zero-order valence-corrected chi connectivity index (χ0v) is 12.3. The van der Waals surface area contributed by atoms with Crippen molar-refractivity contribution >= 4 is 5.57 Å². The van der Waals surface area contributed by atoms with E-state index in [-0.39, 0.29) is 5.82 Å². The summed E-state index contributed by atoms with van der Waals surface area (Å²) >= 11 is 0. The molecule has 0 spiro atoms. The Bertz CT molecular complexity index is 427. The molecule has 0 aromatic heterocycles. The topological polar surface area (TPSA) is 21.3 Å². The minimum Gasteiger partial charge on any atom is -0.496 e. The maximum atomic E-state index is 13.3. The molecule has 1 aromatic carbocycles. The van der Waals surface area contributed by atoms with Gasteiger partial charge in [-0.05, 0) is 56.1 Å². The van der Waals surface area contributed by atoms with Crippen LogP contribution in [0.15, 0.2) is 24.3 Å². The maximum Gasteiger partial charge on any atom is 0.126 e. The average molecular weight is 265 g/mol. The van der Waals surface area contributed by atoms with Gasteiger partial charge in [0.05, 0.1) is 7.11 Å². The Kier molecular flexibility index (Phi) is 6.57. The Morgan fingerprint density at radius 2 is 2.16 bits per heavy atom. The van der Waals surface area contributed by atoms with E-state index in [0.717, 1.165) is 30.6 Å². The highest BCUT2D eigenvalue weighted by Crippen LogP contribution is 2.26. The number of ether oxygens (including phenoxy) is 1. The molecule has 0 amide bonds. The van der Waals surface area contributed by atoms with E-state index in [2.05, 4.69) is 25.2 Å². The van der Waals surface area contributed by atoms with Crippen LogP contribution in [-0.4, -0.2) is 20.2 Å². The summed E-state index contributed by atoms with van der Waals surface area (Å²) in [5.74, 6) is 1.14. The van der Waals surface area contributed by atoms with Crippen molar-refractivity contribution in [3.05, 3.63) is 35.7 Å². The van der Waals surface area contributed by atoms with Crippen LogP contribution in [0.3, 0.4) is 0 Å². The molecule has 0 aliphatic rings. The van der Waals surface area contributed by atoms with Gasteiger partial charge in [0.25, 0.3) is 0 Å². The van der Waals surface area contributed by atoms with Gasteiger partial charge in [-0.1, -0.05) is 19.9 Å². The van der Waals surface area contributed by atoms with Crippen LogP contribution < -0.4 is 10.1 Å². The molecular weight excluding hydrogens is 241 g/mol. The standard InChI is InChI=1S/C16H24FNO/c1-12(2)11-18-9-5-6-13(3)15-10-14(17)7-8-16(15)19-4/h6-8,10,12,18H,5,9,11H2,1-4H3/b13-6+. The third-order valence-electron chi connectivity index (χ3n) is 2.91. The second-order valence-electron chi connectivity index (χ2n) is 5.12. The molecule has 0 aliphatic carbocycles. The summed E-state index contributed by atoms with van der Waals surface area (Å²) in [5.41, 5.74) is 1.87. The van der Waals surface area contributed by atoms with Gasteiger partial charge in [-0.25, -0.2) is 4.39 Å². The molecule has 0 saturated heterocycles. The smallest absolute Gasteiger partial charge is 0.126 e. The lowest BCUT2D eigenvalue weighted by atomic mass is 10.0. The van der Waals surface area contributed by atoms with Crippen molar-refractivity contribution in [1.82, 2.24) is 5.32 Å². The number of hydrogen-bond donors (Lipinski definition) is 1. The van der Waals surface area contributed by atoms with Gasteiger partial charge in [0.1, 0.15) is 11.6 Å². The Balaban J connectivity index is 2.61. The fraction of sp³-hybridized carbons (Fsp3) is 0.500. The first kappa shape index (κ1) is 15.7. The summed E-state index contributed by atoms with van der Waals surface area (Å²) in [7, 11) is 1.61. The number of halogens is 1. The molecule has 1 N–H and O–H groups in total. The van der Waals surface area contributed by atoms with Gasteiger partial charge in [-0.3, -0.25) is 0 Å². The number of hydrogen-bond acceptors (Lipinski definition) is 2. The van der Waals surface area contributed by atoms with Crippen molar-refractivity contribution in [1.29, 1.82) is 0 Å². The summed E-state index contributed by atoms with van der Waals surface area (Å²) in [4.78, 5) is 0. The summed E-state index contributed by atoms with van der Waals surface area (Å²) in [6, 6.07) is 4.60. The molecule has 106 valence electrons. The lowest BCUT2D eigenvalue weighted by Crippen LogP contribution is -2.20. The highest BCUT2D eigenvalue weighted by molar-refractivity contribution is 5.69. The third kappa shape index (κ3) is 5.43. The van der Waals surface area contributed by atoms with Crippen LogP contribution in [0.5, 0.6) is 5.75 Å². The predicted molar refractivity (Wildman–Crippen MR) is 78.9 cm³/mol. The van der Waals surface area contributed by atoms with Crippen LogP contribution in [0, 0.1) is 11.7 Å². The van der Waals surface area contributed by atoms with E-state index in [4.69, 9.17) is 4.74 Å². The number of allylic oxidation sites excluding steroid dienone is 1. The van der Waals surface area contributed by atoms with Crippen molar-refractivity contribution < 1.29 is 9.13 Å². The Hall–Kier alpha value is -1.35. The summed E-state index contributed by atoms with van der Waals surface area (Å²) in [6.07, 6.45) is 3.04. The fourth-order valence-electron chi connectivity index (χ4n) is 1.88. The van der Waals surface area contributed by atoms with Crippen LogP contribution >= 0.6 is 0 Å². The molecule has 2 nitrogen and oxygen atoms in total. The van der Waals surface area contributed by atoms with E-state index < -0.39 is 0 Å². The van der Waals surface area contributed by atoms with Crippen LogP contribution in [0.2, 0.25) is 0 Å². The van der Waals surface area contributed by atoms with Crippen molar-refractivity contribution in [3.63, 3.8) is 0 Å². The lowest BCUT2D eigenvalue weighted by molar-refractivity contribution is 0.412. The fourth-order valence-corrected chi connectivity index (χ4v) is 1.88. The molecule has 0 bridgehead atoms. The van der Waals surface area contributed by atoms with E-state index >= 15 is 0 Å². The SMILES string of the molecule is COc1ccc(F)cc1/C(C)=C/CCNCC(C)C. The van der Waals surface area contributed by atoms with E-state index in [1.54, 1.807) is 13.2 Å². The summed E-state index contributed by atoms with van der Waals surface area (Å²) in [5, 5.41) is 3.38. The van der Waals surface area contributed by atoms with Crippen molar-refractivity contribution in [2.75, 3.05) is 20.2 Å². The normalized spacial score (nSPS) is 12.0. The van der Waals surface area contributed by atoms with Crippen LogP contribution in [0.1, 0.15) is 32.8 Å². The first-order valence-corrected chi connectivity index (χ1v) is 6.76. The second-order valence-corrected chi connectivity index (χ2v) is 5.12. The quantitative estimate of drug-likeness (QED) is 0.756. The highest BCUT2D eigenvalue weighted by Gasteiger charge is 2.06. The van der Waals surface area contributed by atoms with Gasteiger partial charge in [0, 0.05) is 5.56 Å². The molecule has 0 aliphatic heterocycles. The van der Waals surface area contributed by atoms with E-state index in [1.165, 1.54) is 12.1 Å². The monoisotopic (exact) mass is 265 g/mol. The Labute approximate surface area is 115 Å². The minimum absolute atomic E-state index is 0.235. The average Bonchev–Trinajstić information content (AvgIpc) is 2.37. The van der Waals surface area contributed by atoms with Gasteiger partial charge in [0.15, 0.2) is 0 Å². The van der Waals surface area contributed by atoms with Gasteiger partial charge >= 0.3 is 0 Å². The molecule has 0 saturated carbocycles. The number of rotatable bonds is 7. The molecule has 0 radical (unpaired) electrons. The molecule has 0 unspecified atom stereocenters. The minimum atomic E-state index is -0.235. The first-order valence-electron chi connectivity index (χ1n) is 6.76. The molecular formula is C16H24FNO. The first-order chi connectivity index (χ1) is 9.04. The Morgan fingerprint density at radius 3 is 2.79 bits per heavy atom. The summed E-state index contributed by atoms with van der Waals surface area (Å²) in [6.45, 7) is 8.32. The number of methoxy groups -OCH3 is 1. The molecule has 0 fully saturated rings. The lowest BCUT2D eigenvalue weighted by Gasteiger charge is -2.09. The molecule has 19 heavy (non-hydrogen) atoms. The molecule has 0 atom stereocenters. The Morgan fingerprint density at radius 1 is 1.42 bits per heavy atom.